The van der Waals surface area contributed by atoms with Crippen LogP contribution in [0.15, 0.2) is 77.7 Å². The zero-order valence-corrected chi connectivity index (χ0v) is 17.5. The van der Waals surface area contributed by atoms with Gasteiger partial charge in [-0.25, -0.2) is 8.42 Å². The van der Waals surface area contributed by atoms with E-state index in [2.05, 4.69) is 11.4 Å². The number of benzene rings is 3. The number of hydrogen-bond acceptors (Lipinski definition) is 4. The Bertz CT molecular complexity index is 1180. The van der Waals surface area contributed by atoms with Gasteiger partial charge in [0.05, 0.1) is 23.1 Å². The first-order valence-electron chi connectivity index (χ1n) is 9.24. The molecule has 152 valence electrons. The lowest BCUT2D eigenvalue weighted by molar-refractivity contribution is 0.102. The van der Waals surface area contributed by atoms with Crippen LogP contribution < -0.4 is 9.62 Å². The second-order valence-corrected chi connectivity index (χ2v) is 8.79. The van der Waals surface area contributed by atoms with Crippen molar-refractivity contribution in [3.63, 3.8) is 0 Å². The van der Waals surface area contributed by atoms with Crippen molar-refractivity contribution in [3.05, 3.63) is 89.5 Å². The van der Waals surface area contributed by atoms with Gasteiger partial charge in [0, 0.05) is 18.3 Å². The molecule has 0 aliphatic rings. The molecule has 0 aliphatic heterocycles. The zero-order chi connectivity index (χ0) is 21.7. The van der Waals surface area contributed by atoms with Crippen LogP contribution >= 0.6 is 0 Å². The van der Waals surface area contributed by atoms with Crippen LogP contribution in [0.25, 0.3) is 0 Å². The molecule has 30 heavy (non-hydrogen) atoms. The van der Waals surface area contributed by atoms with Gasteiger partial charge in [-0.15, -0.1) is 0 Å². The molecule has 7 heteroatoms. The highest BCUT2D eigenvalue weighted by Gasteiger charge is 2.21. The molecule has 1 N–H and O–H groups in total. The number of rotatable bonds is 6. The molecule has 0 saturated heterocycles. The van der Waals surface area contributed by atoms with Crippen molar-refractivity contribution in [1.29, 1.82) is 5.26 Å². The van der Waals surface area contributed by atoms with E-state index < -0.39 is 10.0 Å². The fourth-order valence-electron chi connectivity index (χ4n) is 2.83. The van der Waals surface area contributed by atoms with Gasteiger partial charge in [-0.3, -0.25) is 9.10 Å². The molecule has 0 unspecified atom stereocenters. The van der Waals surface area contributed by atoms with Crippen LogP contribution in [-0.2, 0) is 16.4 Å². The maximum absolute atomic E-state index is 12.8. The lowest BCUT2D eigenvalue weighted by Crippen LogP contribution is -2.26. The van der Waals surface area contributed by atoms with Crippen LogP contribution in [0.4, 0.5) is 11.4 Å². The fourth-order valence-corrected chi connectivity index (χ4v) is 4.03. The van der Waals surface area contributed by atoms with Gasteiger partial charge in [-0.2, -0.15) is 5.26 Å². The molecular weight excluding hydrogens is 398 g/mol. The number of anilines is 2. The molecule has 0 saturated carbocycles. The number of nitrogens with one attached hydrogen (secondary N) is 1. The molecule has 0 spiro atoms. The minimum absolute atomic E-state index is 0.206. The molecule has 0 bridgehead atoms. The standard InChI is InChI=1S/C23H21N3O3S/c1-17-3-13-22(14-4-17)30(28,29)26(2)21-11-7-19(8-12-21)23(27)25-20-9-5-18(6-10-20)15-16-24/h3-14H,15H2,1-2H3,(H,25,27). The third-order valence-electron chi connectivity index (χ3n) is 4.67. The summed E-state index contributed by atoms with van der Waals surface area (Å²) in [5.74, 6) is -0.307. The summed E-state index contributed by atoms with van der Waals surface area (Å²) in [6.07, 6.45) is 0.314. The van der Waals surface area contributed by atoms with Crippen molar-refractivity contribution in [2.75, 3.05) is 16.7 Å². The SMILES string of the molecule is Cc1ccc(S(=O)(=O)N(C)c2ccc(C(=O)Nc3ccc(CC#N)cc3)cc2)cc1. The number of nitriles is 1. The van der Waals surface area contributed by atoms with Gasteiger partial charge in [0.2, 0.25) is 0 Å². The van der Waals surface area contributed by atoms with Gasteiger partial charge in [0.25, 0.3) is 15.9 Å². The Labute approximate surface area is 176 Å². The van der Waals surface area contributed by atoms with Crippen LogP contribution in [0, 0.1) is 18.3 Å². The van der Waals surface area contributed by atoms with E-state index in [1.54, 1.807) is 72.8 Å². The Balaban J connectivity index is 1.72. The summed E-state index contributed by atoms with van der Waals surface area (Å²) in [5.41, 5.74) is 3.32. The van der Waals surface area contributed by atoms with Crippen LogP contribution in [-0.4, -0.2) is 21.4 Å². The van der Waals surface area contributed by atoms with E-state index in [0.717, 1.165) is 11.1 Å². The highest BCUT2D eigenvalue weighted by molar-refractivity contribution is 7.92. The van der Waals surface area contributed by atoms with E-state index in [0.29, 0.717) is 23.4 Å². The molecule has 0 aliphatic carbocycles. The van der Waals surface area contributed by atoms with Gasteiger partial charge in [0.1, 0.15) is 0 Å². The van der Waals surface area contributed by atoms with E-state index >= 15 is 0 Å². The highest BCUT2D eigenvalue weighted by atomic mass is 32.2. The Hall–Kier alpha value is -3.63. The summed E-state index contributed by atoms with van der Waals surface area (Å²) in [4.78, 5) is 12.7. The van der Waals surface area contributed by atoms with Gasteiger partial charge in [0.15, 0.2) is 0 Å². The molecular formula is C23H21N3O3S. The number of hydrogen-bond donors (Lipinski definition) is 1. The third-order valence-corrected chi connectivity index (χ3v) is 6.47. The number of amides is 1. The summed E-state index contributed by atoms with van der Waals surface area (Å²) in [6.45, 7) is 1.89. The molecule has 6 nitrogen and oxygen atoms in total. The zero-order valence-electron chi connectivity index (χ0n) is 16.7. The first-order chi connectivity index (χ1) is 14.3. The third kappa shape index (κ3) is 4.67. The summed E-state index contributed by atoms with van der Waals surface area (Å²) in [5, 5.41) is 11.5. The van der Waals surface area contributed by atoms with Crippen molar-refractivity contribution in [3.8, 4) is 6.07 Å². The highest BCUT2D eigenvalue weighted by Crippen LogP contribution is 2.23. The summed E-state index contributed by atoms with van der Waals surface area (Å²) in [6, 6.07) is 22.1. The average Bonchev–Trinajstić information content (AvgIpc) is 2.75. The topological polar surface area (TPSA) is 90.3 Å². The van der Waals surface area contributed by atoms with Crippen LogP contribution in [0.3, 0.4) is 0 Å². The first kappa shape index (κ1) is 21.1. The monoisotopic (exact) mass is 419 g/mol. The quantitative estimate of drug-likeness (QED) is 0.650. The predicted octanol–water partition coefficient (Wildman–Crippen LogP) is 4.14. The van der Waals surface area contributed by atoms with Crippen molar-refractivity contribution in [2.24, 2.45) is 0 Å². The van der Waals surface area contributed by atoms with Crippen molar-refractivity contribution < 1.29 is 13.2 Å². The number of nitrogens with zero attached hydrogens (tertiary/aromatic N) is 2. The smallest absolute Gasteiger partial charge is 0.264 e. The van der Waals surface area contributed by atoms with E-state index in [9.17, 15) is 13.2 Å². The summed E-state index contributed by atoms with van der Waals surface area (Å²) < 4.78 is 26.8. The normalized spacial score (nSPS) is 10.8. The Kier molecular flexibility index (Phi) is 6.19. The molecule has 3 aromatic carbocycles. The fraction of sp³-hybridized carbons (Fsp3) is 0.130. The Morgan fingerprint density at radius 3 is 2.13 bits per heavy atom. The molecule has 0 aromatic heterocycles. The van der Waals surface area contributed by atoms with E-state index in [1.807, 2.05) is 6.92 Å². The molecule has 3 rings (SSSR count). The van der Waals surface area contributed by atoms with Gasteiger partial charge in [-0.1, -0.05) is 29.8 Å². The van der Waals surface area contributed by atoms with Gasteiger partial charge >= 0.3 is 0 Å². The van der Waals surface area contributed by atoms with Crippen molar-refractivity contribution in [1.82, 2.24) is 0 Å². The number of aryl methyl sites for hydroxylation is 1. The summed E-state index contributed by atoms with van der Waals surface area (Å²) >= 11 is 0. The van der Waals surface area contributed by atoms with Crippen LogP contribution in [0.5, 0.6) is 0 Å². The first-order valence-corrected chi connectivity index (χ1v) is 10.7. The second-order valence-electron chi connectivity index (χ2n) is 6.82. The Morgan fingerprint density at radius 1 is 0.967 bits per heavy atom. The van der Waals surface area contributed by atoms with Gasteiger partial charge < -0.3 is 5.32 Å². The van der Waals surface area contributed by atoms with Gasteiger partial charge in [-0.05, 0) is 61.0 Å². The number of carbonyl (C=O) groups excluding carboxylic acids is 1. The molecule has 0 radical (unpaired) electrons. The predicted molar refractivity (Wildman–Crippen MR) is 117 cm³/mol. The lowest BCUT2D eigenvalue weighted by Gasteiger charge is -2.20. The molecule has 3 aromatic rings. The second kappa shape index (κ2) is 8.80. The molecule has 0 heterocycles. The minimum atomic E-state index is -3.69. The van der Waals surface area contributed by atoms with E-state index in [4.69, 9.17) is 5.26 Å². The van der Waals surface area contributed by atoms with E-state index in [1.165, 1.54) is 11.4 Å². The van der Waals surface area contributed by atoms with Crippen molar-refractivity contribution >= 4 is 27.3 Å². The largest absolute Gasteiger partial charge is 0.322 e. The maximum atomic E-state index is 12.8. The summed E-state index contributed by atoms with van der Waals surface area (Å²) in [7, 11) is -2.21. The van der Waals surface area contributed by atoms with Crippen molar-refractivity contribution in [2.45, 2.75) is 18.2 Å². The molecule has 1 amide bonds. The molecule has 0 atom stereocenters. The van der Waals surface area contributed by atoms with E-state index in [-0.39, 0.29) is 10.8 Å². The molecule has 0 fully saturated rings. The van der Waals surface area contributed by atoms with Crippen LogP contribution in [0.1, 0.15) is 21.5 Å². The number of sulfonamides is 1. The minimum Gasteiger partial charge on any atom is -0.322 e. The lowest BCUT2D eigenvalue weighted by atomic mass is 10.1. The Morgan fingerprint density at radius 2 is 1.57 bits per heavy atom. The average molecular weight is 420 g/mol. The number of carbonyl (C=O) groups is 1. The maximum Gasteiger partial charge on any atom is 0.264 e. The van der Waals surface area contributed by atoms with Crippen LogP contribution in [0.2, 0.25) is 0 Å².